The molecule has 1 saturated carbocycles. The van der Waals surface area contributed by atoms with E-state index in [9.17, 15) is 4.79 Å². The minimum atomic E-state index is -0.711. The molecule has 1 aliphatic rings. The van der Waals surface area contributed by atoms with Crippen LogP contribution < -0.4 is 5.73 Å². The molecule has 0 amide bonds. The van der Waals surface area contributed by atoms with Crippen molar-refractivity contribution >= 4 is 5.97 Å². The molecule has 3 N–H and O–H groups in total. The summed E-state index contributed by atoms with van der Waals surface area (Å²) in [6.45, 7) is 2.17. The zero-order valence-corrected chi connectivity index (χ0v) is 8.20. The molecular weight excluding hydrogens is 166 g/mol. The average molecular weight is 185 g/mol. The van der Waals surface area contributed by atoms with Crippen LogP contribution in [0.25, 0.3) is 0 Å². The van der Waals surface area contributed by atoms with Crippen molar-refractivity contribution in [1.29, 1.82) is 0 Å². The molecule has 1 rings (SSSR count). The van der Waals surface area contributed by atoms with Gasteiger partial charge in [0.05, 0.1) is 0 Å². The predicted octanol–water partition coefficient (Wildman–Crippen LogP) is 1.61. The first-order valence-electron chi connectivity index (χ1n) is 5.10. The van der Waals surface area contributed by atoms with Crippen molar-refractivity contribution in [2.45, 2.75) is 45.1 Å². The van der Waals surface area contributed by atoms with Crippen LogP contribution in [0.15, 0.2) is 0 Å². The molecule has 0 aromatic carbocycles. The van der Waals surface area contributed by atoms with E-state index in [0.29, 0.717) is 5.92 Å². The Balaban J connectivity index is 2.44. The van der Waals surface area contributed by atoms with Crippen LogP contribution in [0.3, 0.4) is 0 Å². The van der Waals surface area contributed by atoms with Crippen molar-refractivity contribution in [3.63, 3.8) is 0 Å². The second-order valence-electron chi connectivity index (χ2n) is 4.11. The lowest BCUT2D eigenvalue weighted by atomic mass is 9.76. The number of rotatable bonds is 3. The molecule has 0 aliphatic heterocycles. The van der Waals surface area contributed by atoms with E-state index in [0.717, 1.165) is 19.3 Å². The Morgan fingerprint density at radius 3 is 2.77 bits per heavy atom. The van der Waals surface area contributed by atoms with E-state index in [1.165, 1.54) is 6.42 Å². The maximum atomic E-state index is 10.6. The Morgan fingerprint density at radius 2 is 2.23 bits per heavy atom. The standard InChI is InChI=1S/C10H19NO2/c1-2-7-3-4-9(11)8(5-7)6-10(12)13/h7-9H,2-6,11H2,1H3,(H,12,13). The zero-order valence-electron chi connectivity index (χ0n) is 8.20. The minimum Gasteiger partial charge on any atom is -0.481 e. The number of carboxylic acid groups (broad SMARTS) is 1. The highest BCUT2D eigenvalue weighted by Gasteiger charge is 2.28. The van der Waals surface area contributed by atoms with Crippen LogP contribution in [0.5, 0.6) is 0 Å². The highest BCUT2D eigenvalue weighted by atomic mass is 16.4. The van der Waals surface area contributed by atoms with Gasteiger partial charge in [-0.25, -0.2) is 0 Å². The molecule has 3 unspecified atom stereocenters. The van der Waals surface area contributed by atoms with Crippen LogP contribution in [0.2, 0.25) is 0 Å². The van der Waals surface area contributed by atoms with Crippen LogP contribution in [0.1, 0.15) is 39.0 Å². The Labute approximate surface area is 79.3 Å². The van der Waals surface area contributed by atoms with E-state index in [1.54, 1.807) is 0 Å². The second kappa shape index (κ2) is 4.61. The topological polar surface area (TPSA) is 63.3 Å². The van der Waals surface area contributed by atoms with Gasteiger partial charge in [0.1, 0.15) is 0 Å². The third-order valence-corrected chi connectivity index (χ3v) is 3.16. The normalized spacial score (nSPS) is 34.5. The van der Waals surface area contributed by atoms with Gasteiger partial charge in [0, 0.05) is 12.5 Å². The van der Waals surface area contributed by atoms with Crippen LogP contribution in [0.4, 0.5) is 0 Å². The number of hydrogen-bond donors (Lipinski definition) is 2. The van der Waals surface area contributed by atoms with Crippen molar-refractivity contribution in [3.05, 3.63) is 0 Å². The predicted molar refractivity (Wildman–Crippen MR) is 51.4 cm³/mol. The maximum Gasteiger partial charge on any atom is 0.303 e. The molecule has 3 heteroatoms. The molecule has 0 aromatic heterocycles. The summed E-state index contributed by atoms with van der Waals surface area (Å²) in [5, 5.41) is 8.69. The Kier molecular flexibility index (Phi) is 3.72. The quantitative estimate of drug-likeness (QED) is 0.702. The summed E-state index contributed by atoms with van der Waals surface area (Å²) in [5.74, 6) is 0.192. The summed E-state index contributed by atoms with van der Waals surface area (Å²) >= 11 is 0. The summed E-state index contributed by atoms with van der Waals surface area (Å²) in [4.78, 5) is 10.6. The van der Waals surface area contributed by atoms with Gasteiger partial charge in [-0.15, -0.1) is 0 Å². The van der Waals surface area contributed by atoms with Crippen molar-refractivity contribution in [2.24, 2.45) is 17.6 Å². The van der Waals surface area contributed by atoms with E-state index in [-0.39, 0.29) is 18.4 Å². The summed E-state index contributed by atoms with van der Waals surface area (Å²) in [5.41, 5.74) is 5.88. The van der Waals surface area contributed by atoms with Gasteiger partial charge in [0.2, 0.25) is 0 Å². The third kappa shape index (κ3) is 2.99. The van der Waals surface area contributed by atoms with Gasteiger partial charge in [0.15, 0.2) is 0 Å². The smallest absolute Gasteiger partial charge is 0.303 e. The molecule has 1 fully saturated rings. The molecule has 3 atom stereocenters. The van der Waals surface area contributed by atoms with E-state index < -0.39 is 5.97 Å². The molecule has 0 saturated heterocycles. The number of carbonyl (C=O) groups is 1. The SMILES string of the molecule is CCC1CCC(N)C(CC(=O)O)C1. The highest BCUT2D eigenvalue weighted by molar-refractivity contribution is 5.67. The lowest BCUT2D eigenvalue weighted by Crippen LogP contribution is -2.37. The Hall–Kier alpha value is -0.570. The fourth-order valence-electron chi connectivity index (χ4n) is 2.21. The lowest BCUT2D eigenvalue weighted by molar-refractivity contribution is -0.138. The first-order chi connectivity index (χ1) is 6.13. The van der Waals surface area contributed by atoms with Gasteiger partial charge < -0.3 is 10.8 Å². The average Bonchev–Trinajstić information content (AvgIpc) is 2.08. The third-order valence-electron chi connectivity index (χ3n) is 3.16. The first kappa shape index (κ1) is 10.5. The van der Waals surface area contributed by atoms with Crippen LogP contribution in [-0.4, -0.2) is 17.1 Å². The Morgan fingerprint density at radius 1 is 1.54 bits per heavy atom. The van der Waals surface area contributed by atoms with E-state index in [2.05, 4.69) is 6.92 Å². The van der Waals surface area contributed by atoms with E-state index in [4.69, 9.17) is 10.8 Å². The number of carboxylic acids is 1. The molecule has 0 spiro atoms. The molecular formula is C10H19NO2. The molecule has 76 valence electrons. The molecule has 0 bridgehead atoms. The van der Waals surface area contributed by atoms with Gasteiger partial charge in [0.25, 0.3) is 0 Å². The number of hydrogen-bond acceptors (Lipinski definition) is 2. The van der Waals surface area contributed by atoms with E-state index >= 15 is 0 Å². The van der Waals surface area contributed by atoms with Crippen LogP contribution in [0, 0.1) is 11.8 Å². The molecule has 1 aliphatic carbocycles. The molecule has 3 nitrogen and oxygen atoms in total. The largest absolute Gasteiger partial charge is 0.481 e. The highest BCUT2D eigenvalue weighted by Crippen LogP contribution is 2.32. The fraction of sp³-hybridized carbons (Fsp3) is 0.900. The van der Waals surface area contributed by atoms with Gasteiger partial charge in [-0.1, -0.05) is 13.3 Å². The monoisotopic (exact) mass is 185 g/mol. The van der Waals surface area contributed by atoms with E-state index in [1.807, 2.05) is 0 Å². The van der Waals surface area contributed by atoms with Crippen LogP contribution in [-0.2, 0) is 4.79 Å². The van der Waals surface area contributed by atoms with Crippen LogP contribution >= 0.6 is 0 Å². The summed E-state index contributed by atoms with van der Waals surface area (Å²) in [6, 6.07) is 0.110. The Bertz CT molecular complexity index is 182. The lowest BCUT2D eigenvalue weighted by Gasteiger charge is -2.32. The summed E-state index contributed by atoms with van der Waals surface area (Å²) in [6.07, 6.45) is 4.58. The molecule has 0 aromatic rings. The molecule has 0 heterocycles. The van der Waals surface area contributed by atoms with Gasteiger partial charge in [-0.3, -0.25) is 4.79 Å². The first-order valence-corrected chi connectivity index (χ1v) is 5.10. The fourth-order valence-corrected chi connectivity index (χ4v) is 2.21. The minimum absolute atomic E-state index is 0.110. The number of nitrogens with two attached hydrogens (primary N) is 1. The van der Waals surface area contributed by atoms with Crippen molar-refractivity contribution in [1.82, 2.24) is 0 Å². The van der Waals surface area contributed by atoms with Gasteiger partial charge in [-0.2, -0.15) is 0 Å². The molecule has 13 heavy (non-hydrogen) atoms. The number of aliphatic carboxylic acids is 1. The maximum absolute atomic E-state index is 10.6. The molecule has 0 radical (unpaired) electrons. The second-order valence-corrected chi connectivity index (χ2v) is 4.11. The van der Waals surface area contributed by atoms with Gasteiger partial charge >= 0.3 is 5.97 Å². The van der Waals surface area contributed by atoms with Crippen molar-refractivity contribution in [2.75, 3.05) is 0 Å². The van der Waals surface area contributed by atoms with Crippen molar-refractivity contribution in [3.8, 4) is 0 Å². The summed E-state index contributed by atoms with van der Waals surface area (Å²) < 4.78 is 0. The zero-order chi connectivity index (χ0) is 9.84. The summed E-state index contributed by atoms with van der Waals surface area (Å²) in [7, 11) is 0. The van der Waals surface area contributed by atoms with Gasteiger partial charge in [-0.05, 0) is 31.1 Å². The van der Waals surface area contributed by atoms with Crippen molar-refractivity contribution < 1.29 is 9.90 Å².